The fourth-order valence-electron chi connectivity index (χ4n) is 2.22. The molecule has 1 atom stereocenters. The predicted octanol–water partition coefficient (Wildman–Crippen LogP) is 1.71. The van der Waals surface area contributed by atoms with Gasteiger partial charge in [-0.15, -0.1) is 11.8 Å². The number of hydrogen-bond acceptors (Lipinski definition) is 5. The van der Waals surface area contributed by atoms with Crippen molar-refractivity contribution >= 4 is 17.7 Å². The van der Waals surface area contributed by atoms with E-state index in [0.29, 0.717) is 5.82 Å². The third-order valence-corrected chi connectivity index (χ3v) is 3.77. The lowest BCUT2D eigenvalue weighted by Crippen LogP contribution is -2.32. The van der Waals surface area contributed by atoms with E-state index in [1.54, 1.807) is 0 Å². The number of thioether (sulfide) groups is 1. The van der Waals surface area contributed by atoms with Gasteiger partial charge >= 0.3 is 5.97 Å². The van der Waals surface area contributed by atoms with Crippen LogP contribution in [-0.2, 0) is 0 Å². The minimum Gasteiger partial charge on any atom is -0.477 e. The second-order valence-electron chi connectivity index (χ2n) is 4.56. The molecule has 1 saturated heterocycles. The number of rotatable bonds is 3. The highest BCUT2D eigenvalue weighted by atomic mass is 32.2. The Bertz CT molecular complexity index is 453. The largest absolute Gasteiger partial charge is 0.477 e. The lowest BCUT2D eigenvalue weighted by molar-refractivity contribution is 0.0689. The van der Waals surface area contributed by atoms with Gasteiger partial charge in [0.15, 0.2) is 5.69 Å². The topological polar surface area (TPSA) is 66.3 Å². The van der Waals surface area contributed by atoms with Crippen LogP contribution < -0.4 is 0 Å². The third kappa shape index (κ3) is 3.00. The molecule has 0 aromatic carbocycles. The summed E-state index contributed by atoms with van der Waals surface area (Å²) in [6.45, 7) is 1.99. The van der Waals surface area contributed by atoms with Crippen LogP contribution in [0, 0.1) is 0 Å². The van der Waals surface area contributed by atoms with Crippen LogP contribution in [0.25, 0.3) is 0 Å². The van der Waals surface area contributed by atoms with E-state index in [-0.39, 0.29) is 11.6 Å². The maximum atomic E-state index is 11.1. The van der Waals surface area contributed by atoms with Crippen LogP contribution in [0.4, 0.5) is 0 Å². The summed E-state index contributed by atoms with van der Waals surface area (Å²) in [5, 5.41) is 9.80. The summed E-state index contributed by atoms with van der Waals surface area (Å²) in [5.74, 6) is -0.0714. The Hall–Kier alpha value is -1.14. The monoisotopic (exact) mass is 267 g/mol. The summed E-state index contributed by atoms with van der Waals surface area (Å²) >= 11 is 1.45. The molecule has 1 N–H and O–H groups in total. The molecule has 5 nitrogen and oxygen atoms in total. The highest BCUT2D eigenvalue weighted by Crippen LogP contribution is 2.25. The van der Waals surface area contributed by atoms with Crippen molar-refractivity contribution < 1.29 is 9.90 Å². The maximum Gasteiger partial charge on any atom is 0.354 e. The molecule has 0 aliphatic carbocycles. The zero-order chi connectivity index (χ0) is 13.1. The summed E-state index contributed by atoms with van der Waals surface area (Å²) in [5.41, 5.74) is 0.0950. The molecule has 1 aromatic heterocycles. The summed E-state index contributed by atoms with van der Waals surface area (Å²) in [4.78, 5) is 21.9. The highest BCUT2D eigenvalue weighted by Gasteiger charge is 2.23. The van der Waals surface area contributed by atoms with Gasteiger partial charge < -0.3 is 10.0 Å². The lowest BCUT2D eigenvalue weighted by Gasteiger charge is -2.28. The Morgan fingerprint density at radius 3 is 2.94 bits per heavy atom. The summed E-state index contributed by atoms with van der Waals surface area (Å²) in [6, 6.07) is 1.53. The molecule has 1 unspecified atom stereocenters. The molecule has 0 amide bonds. The number of carbonyl (C=O) groups is 1. The molecule has 2 rings (SSSR count). The first-order valence-corrected chi connectivity index (χ1v) is 7.17. The molecule has 2 heterocycles. The Labute approximate surface area is 111 Å². The van der Waals surface area contributed by atoms with E-state index >= 15 is 0 Å². The van der Waals surface area contributed by atoms with Crippen molar-refractivity contribution in [2.45, 2.75) is 23.8 Å². The molecule has 0 spiro atoms. The average Bonchev–Trinajstić information content (AvgIpc) is 2.38. The van der Waals surface area contributed by atoms with Gasteiger partial charge in [-0.1, -0.05) is 0 Å². The van der Waals surface area contributed by atoms with Gasteiger partial charge in [0.25, 0.3) is 0 Å². The van der Waals surface area contributed by atoms with Crippen molar-refractivity contribution in [3.63, 3.8) is 0 Å². The Morgan fingerprint density at radius 2 is 2.33 bits per heavy atom. The molecule has 1 aromatic rings. The van der Waals surface area contributed by atoms with Crippen molar-refractivity contribution in [3.8, 4) is 0 Å². The highest BCUT2D eigenvalue weighted by molar-refractivity contribution is 7.98. The van der Waals surface area contributed by atoms with Crippen molar-refractivity contribution in [1.29, 1.82) is 0 Å². The number of aromatic carboxylic acids is 1. The molecule has 98 valence electrons. The number of carboxylic acids is 1. The first-order chi connectivity index (χ1) is 8.60. The molecular formula is C12H17N3O2S. The number of aromatic nitrogens is 2. The molecule has 1 aliphatic rings. The molecular weight excluding hydrogens is 250 g/mol. The fraction of sp³-hybridized carbons (Fsp3) is 0.583. The van der Waals surface area contributed by atoms with E-state index < -0.39 is 5.97 Å². The van der Waals surface area contributed by atoms with Gasteiger partial charge in [-0.3, -0.25) is 0 Å². The van der Waals surface area contributed by atoms with Crippen molar-refractivity contribution in [1.82, 2.24) is 14.9 Å². The molecule has 1 aliphatic heterocycles. The average molecular weight is 267 g/mol. The van der Waals surface area contributed by atoms with Gasteiger partial charge in [-0.2, -0.15) is 0 Å². The predicted molar refractivity (Wildman–Crippen MR) is 70.2 cm³/mol. The van der Waals surface area contributed by atoms with Crippen LogP contribution in [0.15, 0.2) is 11.1 Å². The second-order valence-corrected chi connectivity index (χ2v) is 5.39. The van der Waals surface area contributed by atoms with Crippen molar-refractivity contribution in [2.24, 2.45) is 0 Å². The molecule has 6 heteroatoms. The van der Waals surface area contributed by atoms with Gasteiger partial charge in [0.1, 0.15) is 10.9 Å². The molecule has 0 saturated carbocycles. The first-order valence-electron chi connectivity index (χ1n) is 5.95. The van der Waals surface area contributed by atoms with Gasteiger partial charge in [0.05, 0.1) is 0 Å². The number of likely N-dealkylation sites (tertiary alicyclic amines) is 1. The number of piperidine rings is 1. The van der Waals surface area contributed by atoms with E-state index in [4.69, 9.17) is 5.11 Å². The van der Waals surface area contributed by atoms with Crippen LogP contribution in [0.5, 0.6) is 0 Å². The maximum absolute atomic E-state index is 11.1. The van der Waals surface area contributed by atoms with E-state index in [0.717, 1.165) is 31.0 Å². The van der Waals surface area contributed by atoms with Crippen LogP contribution in [0.1, 0.15) is 35.1 Å². The number of carboxylic acid groups (broad SMARTS) is 1. The zero-order valence-corrected chi connectivity index (χ0v) is 11.4. The molecule has 18 heavy (non-hydrogen) atoms. The number of hydrogen-bond donors (Lipinski definition) is 1. The SMILES string of the molecule is CSc1cc(C(=O)O)nc(C2CCCN(C)C2)n1. The summed E-state index contributed by atoms with van der Waals surface area (Å²) in [7, 11) is 2.07. The van der Waals surface area contributed by atoms with Gasteiger partial charge in [-0.25, -0.2) is 14.8 Å². The minimum absolute atomic E-state index is 0.0950. The molecule has 0 bridgehead atoms. The quantitative estimate of drug-likeness (QED) is 0.664. The van der Waals surface area contributed by atoms with Crippen LogP contribution in [0.2, 0.25) is 0 Å². The normalized spacial score (nSPS) is 20.9. The van der Waals surface area contributed by atoms with Crippen LogP contribution in [0.3, 0.4) is 0 Å². The van der Waals surface area contributed by atoms with Crippen LogP contribution >= 0.6 is 11.8 Å². The van der Waals surface area contributed by atoms with Gasteiger partial charge in [-0.05, 0) is 32.7 Å². The Kier molecular flexibility index (Phi) is 4.19. The fourth-order valence-corrected chi connectivity index (χ4v) is 2.63. The summed E-state index contributed by atoms with van der Waals surface area (Å²) < 4.78 is 0. The molecule has 1 fully saturated rings. The minimum atomic E-state index is -0.988. The van der Waals surface area contributed by atoms with Crippen LogP contribution in [-0.4, -0.2) is 52.3 Å². The van der Waals surface area contributed by atoms with E-state index in [1.807, 2.05) is 6.26 Å². The Morgan fingerprint density at radius 1 is 1.56 bits per heavy atom. The smallest absolute Gasteiger partial charge is 0.354 e. The van der Waals surface area contributed by atoms with E-state index in [2.05, 4.69) is 21.9 Å². The lowest BCUT2D eigenvalue weighted by atomic mass is 9.97. The van der Waals surface area contributed by atoms with Crippen molar-refractivity contribution in [2.75, 3.05) is 26.4 Å². The second kappa shape index (κ2) is 5.67. The number of likely N-dealkylation sites (N-methyl/N-ethyl adjacent to an activating group) is 1. The standard InChI is InChI=1S/C12H17N3O2S/c1-15-5-3-4-8(7-15)11-13-9(12(16)17)6-10(14-11)18-2/h6,8H,3-5,7H2,1-2H3,(H,16,17). The molecule has 0 radical (unpaired) electrons. The zero-order valence-electron chi connectivity index (χ0n) is 10.6. The first kappa shape index (κ1) is 13.3. The van der Waals surface area contributed by atoms with E-state index in [1.165, 1.54) is 17.8 Å². The third-order valence-electron chi connectivity index (χ3n) is 3.14. The van der Waals surface area contributed by atoms with Crippen molar-refractivity contribution in [3.05, 3.63) is 17.6 Å². The van der Waals surface area contributed by atoms with Gasteiger partial charge in [0.2, 0.25) is 0 Å². The number of nitrogens with zero attached hydrogens (tertiary/aromatic N) is 3. The van der Waals surface area contributed by atoms with E-state index in [9.17, 15) is 4.79 Å². The Balaban J connectivity index is 2.31. The van der Waals surface area contributed by atoms with Gasteiger partial charge in [0, 0.05) is 18.5 Å². The summed E-state index contributed by atoms with van der Waals surface area (Å²) in [6.07, 6.45) is 4.03.